The molecule has 0 spiro atoms. The van der Waals surface area contributed by atoms with Gasteiger partial charge in [-0.1, -0.05) is 143 Å². The molecular weight excluding hydrogens is 750 g/mol. The third-order valence-electron chi connectivity index (χ3n) is 8.68. The molecule has 0 saturated heterocycles. The second-order valence-corrected chi connectivity index (χ2v) is 15.6. The summed E-state index contributed by atoms with van der Waals surface area (Å²) in [4.78, 5) is 35.1. The number of nitrogens with one attached hydrogen (secondary N) is 1. The normalized spacial score (nSPS) is 14.2. The van der Waals surface area contributed by atoms with Crippen LogP contribution in [-0.2, 0) is 32.7 Å². The average Bonchev–Trinajstić information content (AvgIpc) is 3.21. The van der Waals surface area contributed by atoms with Gasteiger partial charge in [0.15, 0.2) is 6.10 Å². The number of carbonyl (C=O) groups excluding carboxylic acids is 2. The maximum atomic E-state index is 12.6. The molecule has 0 amide bonds. The molecule has 2 atom stereocenters. The van der Waals surface area contributed by atoms with Crippen molar-refractivity contribution in [2.75, 3.05) is 33.4 Å². The van der Waals surface area contributed by atoms with Gasteiger partial charge >= 0.3 is 19.8 Å². The summed E-state index contributed by atoms with van der Waals surface area (Å²) in [5.74, 6) is -0.919. The van der Waals surface area contributed by atoms with Gasteiger partial charge in [-0.2, -0.15) is 0 Å². The summed E-state index contributed by atoms with van der Waals surface area (Å²) in [5, 5.41) is 2.81. The minimum absolute atomic E-state index is 0.0381. The molecule has 0 aliphatic heterocycles. The van der Waals surface area contributed by atoms with E-state index in [0.717, 1.165) is 57.8 Å². The minimum atomic E-state index is -4.38. The molecule has 0 aliphatic rings. The second kappa shape index (κ2) is 43.5. The van der Waals surface area contributed by atoms with E-state index in [0.29, 0.717) is 25.8 Å². The van der Waals surface area contributed by atoms with Crippen LogP contribution in [0.5, 0.6) is 0 Å². The first kappa shape index (κ1) is 54.9. The summed E-state index contributed by atoms with van der Waals surface area (Å²) in [7, 11) is -2.69. The highest BCUT2D eigenvalue weighted by atomic mass is 31.2. The number of hydrogen-bond donors (Lipinski definition) is 2. The molecule has 0 fully saturated rings. The van der Waals surface area contributed by atoms with Gasteiger partial charge in [-0.05, 0) is 103 Å². The lowest BCUT2D eigenvalue weighted by Crippen LogP contribution is -2.29. The fourth-order valence-electron chi connectivity index (χ4n) is 5.29. The van der Waals surface area contributed by atoms with Gasteiger partial charge in [0, 0.05) is 19.4 Å². The Hall–Kier alpha value is -3.07. The topological polar surface area (TPSA) is 120 Å². The van der Waals surface area contributed by atoms with E-state index in [9.17, 15) is 19.0 Å². The Morgan fingerprint density at radius 3 is 1.40 bits per heavy atom. The summed E-state index contributed by atoms with van der Waals surface area (Å²) in [5.41, 5.74) is 0. The zero-order valence-corrected chi connectivity index (χ0v) is 37.3. The second-order valence-electron chi connectivity index (χ2n) is 14.2. The predicted molar refractivity (Wildman–Crippen MR) is 243 cm³/mol. The number of likely N-dealkylation sites (N-methyl/N-ethyl adjacent to an activating group) is 1. The highest BCUT2D eigenvalue weighted by Gasteiger charge is 2.26. The van der Waals surface area contributed by atoms with Gasteiger partial charge in [-0.15, -0.1) is 0 Å². The minimum Gasteiger partial charge on any atom is -0.462 e. The fourth-order valence-corrected chi connectivity index (χ4v) is 6.04. The molecular formula is C48H80NO8P. The van der Waals surface area contributed by atoms with E-state index in [4.69, 9.17) is 18.5 Å². The van der Waals surface area contributed by atoms with Crippen LogP contribution >= 0.6 is 7.82 Å². The Balaban J connectivity index is 4.40. The van der Waals surface area contributed by atoms with E-state index in [1.165, 1.54) is 51.4 Å². The first-order valence-electron chi connectivity index (χ1n) is 22.2. The lowest BCUT2D eigenvalue weighted by Gasteiger charge is -2.20. The zero-order valence-electron chi connectivity index (χ0n) is 36.5. The monoisotopic (exact) mass is 830 g/mol. The number of allylic oxidation sites excluding steroid dienone is 16. The molecule has 0 aromatic rings. The largest absolute Gasteiger partial charge is 0.472 e. The van der Waals surface area contributed by atoms with Crippen molar-refractivity contribution in [3.63, 3.8) is 0 Å². The van der Waals surface area contributed by atoms with Crippen molar-refractivity contribution in [1.82, 2.24) is 5.32 Å². The van der Waals surface area contributed by atoms with Crippen LogP contribution in [0.2, 0.25) is 0 Å². The van der Waals surface area contributed by atoms with Crippen molar-refractivity contribution in [3.05, 3.63) is 97.2 Å². The lowest BCUT2D eigenvalue weighted by atomic mass is 10.1. The summed E-state index contributed by atoms with van der Waals surface area (Å²) >= 11 is 0. The van der Waals surface area contributed by atoms with Gasteiger partial charge in [0.05, 0.1) is 13.2 Å². The van der Waals surface area contributed by atoms with Crippen molar-refractivity contribution in [2.24, 2.45) is 0 Å². The van der Waals surface area contributed by atoms with Gasteiger partial charge in [0.1, 0.15) is 6.61 Å². The summed E-state index contributed by atoms with van der Waals surface area (Å²) in [6.07, 6.45) is 54.6. The first-order chi connectivity index (χ1) is 28.3. The first-order valence-corrected chi connectivity index (χ1v) is 23.7. The van der Waals surface area contributed by atoms with E-state index in [1.54, 1.807) is 7.05 Å². The van der Waals surface area contributed by atoms with Gasteiger partial charge < -0.3 is 19.7 Å². The number of carbonyl (C=O) groups is 2. The molecule has 2 N–H and O–H groups in total. The molecule has 58 heavy (non-hydrogen) atoms. The maximum Gasteiger partial charge on any atom is 0.472 e. The molecule has 2 unspecified atom stereocenters. The summed E-state index contributed by atoms with van der Waals surface area (Å²) in [6.45, 7) is 4.04. The van der Waals surface area contributed by atoms with Crippen molar-refractivity contribution >= 4 is 19.8 Å². The maximum absolute atomic E-state index is 12.6. The summed E-state index contributed by atoms with van der Waals surface area (Å²) < 4.78 is 33.1. The van der Waals surface area contributed by atoms with Crippen LogP contribution in [0.3, 0.4) is 0 Å². The summed E-state index contributed by atoms with van der Waals surface area (Å²) in [6, 6.07) is 0. The molecule has 0 aromatic heterocycles. The molecule has 0 heterocycles. The molecule has 0 rings (SSSR count). The number of phosphoric ester groups is 1. The van der Waals surface area contributed by atoms with Crippen molar-refractivity contribution < 1.29 is 37.6 Å². The van der Waals surface area contributed by atoms with Gasteiger partial charge in [0.25, 0.3) is 0 Å². The zero-order chi connectivity index (χ0) is 42.5. The molecule has 0 saturated carbocycles. The molecule has 330 valence electrons. The number of phosphoric acid groups is 1. The van der Waals surface area contributed by atoms with E-state index in [1.807, 2.05) is 6.08 Å². The predicted octanol–water partition coefficient (Wildman–Crippen LogP) is 12.9. The molecule has 0 aromatic carbocycles. The third kappa shape index (κ3) is 42.5. The van der Waals surface area contributed by atoms with Crippen LogP contribution in [0.4, 0.5) is 0 Å². The lowest BCUT2D eigenvalue weighted by molar-refractivity contribution is -0.161. The SMILES string of the molecule is CCCCC/C=C\C/C=C\C/C=C\C/C=C\CCCCCC(=O)OCC(COP(=O)(O)OCCNC)OC(=O)CCC/C=C\C/C=C\C/C=C\C/C=C\CCCCC. The van der Waals surface area contributed by atoms with E-state index in [-0.39, 0.29) is 26.1 Å². The van der Waals surface area contributed by atoms with E-state index in [2.05, 4.69) is 110 Å². The highest BCUT2D eigenvalue weighted by molar-refractivity contribution is 7.47. The van der Waals surface area contributed by atoms with Gasteiger partial charge in [-0.3, -0.25) is 18.6 Å². The Morgan fingerprint density at radius 2 is 0.948 bits per heavy atom. The van der Waals surface area contributed by atoms with Crippen LogP contribution in [0.1, 0.15) is 155 Å². The van der Waals surface area contributed by atoms with Crippen LogP contribution < -0.4 is 5.32 Å². The van der Waals surface area contributed by atoms with Crippen molar-refractivity contribution in [1.29, 1.82) is 0 Å². The van der Waals surface area contributed by atoms with Crippen molar-refractivity contribution in [2.45, 2.75) is 161 Å². The fraction of sp³-hybridized carbons (Fsp3) is 0.625. The molecule has 9 nitrogen and oxygen atoms in total. The third-order valence-corrected chi connectivity index (χ3v) is 9.66. The van der Waals surface area contributed by atoms with Gasteiger partial charge in [-0.25, -0.2) is 4.57 Å². The van der Waals surface area contributed by atoms with E-state index >= 15 is 0 Å². The Labute approximate surface area is 353 Å². The Kier molecular flexibility index (Phi) is 41.2. The Bertz CT molecular complexity index is 1270. The molecule has 10 heteroatoms. The van der Waals surface area contributed by atoms with Crippen LogP contribution in [0.15, 0.2) is 97.2 Å². The molecule has 0 aliphatic carbocycles. The standard InChI is InChI=1S/C48H80NO8P/c1-4-6-8-10-12-14-16-18-20-22-23-25-26-28-30-32-34-36-38-40-47(50)54-44-46(45-56-58(52,53)55-43-42-49-3)57-48(51)41-39-37-35-33-31-29-27-24-21-19-17-15-13-11-9-7-5-2/h12-15,18-21,23,25,27-30,33,35,46,49H,4-11,16-17,22,24,26,31-32,34,36-45H2,1-3H3,(H,52,53)/b14-12-,15-13-,20-18-,21-19-,25-23-,29-27-,30-28-,35-33-. The number of esters is 2. The number of unbranched alkanes of at least 4 members (excludes halogenated alkanes) is 10. The number of ether oxygens (including phenoxy) is 2. The average molecular weight is 830 g/mol. The molecule has 0 bridgehead atoms. The Morgan fingerprint density at radius 1 is 0.534 bits per heavy atom. The van der Waals surface area contributed by atoms with Crippen LogP contribution in [-0.4, -0.2) is 56.3 Å². The quantitative estimate of drug-likeness (QED) is 0.0269. The highest BCUT2D eigenvalue weighted by Crippen LogP contribution is 2.43. The van der Waals surface area contributed by atoms with Crippen molar-refractivity contribution in [3.8, 4) is 0 Å². The van der Waals surface area contributed by atoms with E-state index < -0.39 is 32.5 Å². The van der Waals surface area contributed by atoms with Gasteiger partial charge in [0.2, 0.25) is 0 Å². The molecule has 0 radical (unpaired) electrons. The number of rotatable bonds is 40. The van der Waals surface area contributed by atoms with Crippen LogP contribution in [0, 0.1) is 0 Å². The smallest absolute Gasteiger partial charge is 0.462 e. The van der Waals surface area contributed by atoms with Crippen LogP contribution in [0.25, 0.3) is 0 Å². The number of hydrogen-bond acceptors (Lipinski definition) is 8.